The molecule has 64 valence electrons. The molecule has 0 amide bonds. The van der Waals surface area contributed by atoms with E-state index in [0.717, 1.165) is 0 Å². The Morgan fingerprint density at radius 1 is 1.42 bits per heavy atom. The summed E-state index contributed by atoms with van der Waals surface area (Å²) < 4.78 is 0. The number of hydrogen-bond donors (Lipinski definition) is 0. The van der Waals surface area contributed by atoms with Crippen LogP contribution in [0.1, 0.15) is 6.42 Å². The Kier molecular flexibility index (Phi) is 3.06. The smallest absolute Gasteiger partial charge is 0.249 e. The van der Waals surface area contributed by atoms with Crippen molar-refractivity contribution in [3.63, 3.8) is 0 Å². The zero-order chi connectivity index (χ0) is 9.14. The van der Waals surface area contributed by atoms with Crippen LogP contribution in [0.25, 0.3) is 0 Å². The van der Waals surface area contributed by atoms with Crippen LogP contribution in [0, 0.1) is 5.92 Å². The molecule has 1 aliphatic rings. The van der Waals surface area contributed by atoms with Gasteiger partial charge in [-0.1, -0.05) is 18.2 Å². The summed E-state index contributed by atoms with van der Waals surface area (Å²) in [5.74, 6) is -0.568. The molecule has 2 nitrogen and oxygen atoms in total. The van der Waals surface area contributed by atoms with Gasteiger partial charge in [0.05, 0.1) is 5.92 Å². The van der Waals surface area contributed by atoms with E-state index in [1.807, 2.05) is 0 Å². The van der Waals surface area contributed by atoms with E-state index in [0.29, 0.717) is 6.42 Å². The van der Waals surface area contributed by atoms with Crippen molar-refractivity contribution in [3.8, 4) is 0 Å². The number of allylic oxidation sites excluding steroid dienone is 4. The minimum Gasteiger partial charge on any atom is -0.281 e. The standard InChI is InChI=1S/C8H6Cl2O2/c9-7(11)5-3-1-2-4-6(5)8(10)12/h1-3,6H,4H2. The number of halogens is 2. The van der Waals surface area contributed by atoms with Crippen molar-refractivity contribution in [2.75, 3.05) is 0 Å². The molecule has 0 aromatic rings. The first kappa shape index (κ1) is 9.49. The van der Waals surface area contributed by atoms with Gasteiger partial charge in [-0.15, -0.1) is 0 Å². The zero-order valence-electron chi connectivity index (χ0n) is 6.09. The number of rotatable bonds is 2. The SMILES string of the molecule is O=C(Cl)C1=CC=CCC1C(=O)Cl. The molecule has 0 bridgehead atoms. The highest BCUT2D eigenvalue weighted by atomic mass is 35.5. The Labute approximate surface area is 79.8 Å². The third-order valence-corrected chi connectivity index (χ3v) is 2.14. The van der Waals surface area contributed by atoms with Crippen LogP contribution in [0.15, 0.2) is 23.8 Å². The lowest BCUT2D eigenvalue weighted by Crippen LogP contribution is -2.16. The molecule has 0 saturated heterocycles. The predicted molar refractivity (Wildman–Crippen MR) is 47.1 cm³/mol. The molecule has 0 radical (unpaired) electrons. The predicted octanol–water partition coefficient (Wildman–Crippen LogP) is 2.02. The third kappa shape index (κ3) is 1.96. The molecule has 0 heterocycles. The summed E-state index contributed by atoms with van der Waals surface area (Å²) in [7, 11) is 0. The lowest BCUT2D eigenvalue weighted by Gasteiger charge is -2.13. The van der Waals surface area contributed by atoms with Crippen LogP contribution in [0.4, 0.5) is 0 Å². The molecule has 0 aromatic carbocycles. The van der Waals surface area contributed by atoms with Crippen LogP contribution in [-0.2, 0) is 9.59 Å². The van der Waals surface area contributed by atoms with E-state index in [-0.39, 0.29) is 5.57 Å². The Balaban J connectivity index is 2.91. The number of carbonyl (C=O) groups excluding carboxylic acids is 2. The third-order valence-electron chi connectivity index (χ3n) is 1.66. The zero-order valence-corrected chi connectivity index (χ0v) is 7.60. The maximum absolute atomic E-state index is 10.8. The van der Waals surface area contributed by atoms with E-state index in [2.05, 4.69) is 0 Å². The van der Waals surface area contributed by atoms with Crippen molar-refractivity contribution in [2.45, 2.75) is 6.42 Å². The van der Waals surface area contributed by atoms with Gasteiger partial charge in [-0.25, -0.2) is 0 Å². The van der Waals surface area contributed by atoms with Crippen molar-refractivity contribution in [2.24, 2.45) is 5.92 Å². The summed E-state index contributed by atoms with van der Waals surface area (Å²) in [5, 5.41) is -1.15. The molecule has 12 heavy (non-hydrogen) atoms. The number of hydrogen-bond acceptors (Lipinski definition) is 2. The summed E-state index contributed by atoms with van der Waals surface area (Å²) >= 11 is 10.5. The summed E-state index contributed by atoms with van der Waals surface area (Å²) in [6, 6.07) is 0. The molecule has 0 N–H and O–H groups in total. The van der Waals surface area contributed by atoms with Gasteiger partial charge in [-0.3, -0.25) is 9.59 Å². The van der Waals surface area contributed by atoms with Gasteiger partial charge in [0.25, 0.3) is 0 Å². The average molecular weight is 205 g/mol. The van der Waals surface area contributed by atoms with E-state index in [1.54, 1.807) is 12.2 Å². The lowest BCUT2D eigenvalue weighted by molar-refractivity contribution is -0.116. The first-order valence-electron chi connectivity index (χ1n) is 3.39. The van der Waals surface area contributed by atoms with E-state index >= 15 is 0 Å². The summed E-state index contributed by atoms with van der Waals surface area (Å²) in [6.45, 7) is 0. The Morgan fingerprint density at radius 2 is 2.08 bits per heavy atom. The second kappa shape index (κ2) is 3.87. The van der Waals surface area contributed by atoms with Crippen LogP contribution < -0.4 is 0 Å². The summed E-state index contributed by atoms with van der Waals surface area (Å²) in [5.41, 5.74) is 0.277. The minimum atomic E-state index is -0.613. The highest BCUT2D eigenvalue weighted by Gasteiger charge is 2.25. The molecular formula is C8H6Cl2O2. The molecule has 1 unspecified atom stereocenters. The lowest BCUT2D eigenvalue weighted by atomic mass is 9.93. The molecule has 4 heteroatoms. The molecule has 0 spiro atoms. The molecule has 1 atom stereocenters. The fraction of sp³-hybridized carbons (Fsp3) is 0.250. The molecular weight excluding hydrogens is 199 g/mol. The topological polar surface area (TPSA) is 34.1 Å². The van der Waals surface area contributed by atoms with Crippen LogP contribution in [0.3, 0.4) is 0 Å². The first-order valence-corrected chi connectivity index (χ1v) is 4.14. The van der Waals surface area contributed by atoms with Gasteiger partial charge in [0.15, 0.2) is 0 Å². The van der Waals surface area contributed by atoms with Gasteiger partial charge in [0.1, 0.15) is 0 Å². The second-order valence-corrected chi connectivity index (χ2v) is 3.13. The Morgan fingerprint density at radius 3 is 2.50 bits per heavy atom. The van der Waals surface area contributed by atoms with E-state index in [9.17, 15) is 9.59 Å². The summed E-state index contributed by atoms with van der Waals surface area (Å²) in [4.78, 5) is 21.6. The normalized spacial score (nSPS) is 21.8. The largest absolute Gasteiger partial charge is 0.281 e. The maximum Gasteiger partial charge on any atom is 0.249 e. The van der Waals surface area contributed by atoms with Gasteiger partial charge in [-0.05, 0) is 29.6 Å². The van der Waals surface area contributed by atoms with Gasteiger partial charge in [-0.2, -0.15) is 0 Å². The fourth-order valence-corrected chi connectivity index (χ4v) is 1.45. The Bertz CT molecular complexity index is 279. The number of carbonyl (C=O) groups is 2. The van der Waals surface area contributed by atoms with Crippen LogP contribution in [0.5, 0.6) is 0 Å². The van der Waals surface area contributed by atoms with E-state index in [4.69, 9.17) is 23.2 Å². The van der Waals surface area contributed by atoms with Crippen molar-refractivity contribution < 1.29 is 9.59 Å². The monoisotopic (exact) mass is 204 g/mol. The van der Waals surface area contributed by atoms with Gasteiger partial charge < -0.3 is 0 Å². The minimum absolute atomic E-state index is 0.277. The first-order chi connectivity index (χ1) is 5.63. The van der Waals surface area contributed by atoms with E-state index < -0.39 is 16.4 Å². The van der Waals surface area contributed by atoms with Gasteiger partial charge in [0.2, 0.25) is 10.5 Å². The quantitative estimate of drug-likeness (QED) is 0.646. The molecule has 0 fully saturated rings. The van der Waals surface area contributed by atoms with Crippen molar-refractivity contribution in [3.05, 3.63) is 23.8 Å². The molecule has 0 aliphatic heterocycles. The van der Waals surface area contributed by atoms with Crippen molar-refractivity contribution in [1.29, 1.82) is 0 Å². The second-order valence-electron chi connectivity index (χ2n) is 2.42. The van der Waals surface area contributed by atoms with Crippen molar-refractivity contribution in [1.82, 2.24) is 0 Å². The molecule has 0 saturated carbocycles. The van der Waals surface area contributed by atoms with Crippen LogP contribution in [0.2, 0.25) is 0 Å². The van der Waals surface area contributed by atoms with E-state index in [1.165, 1.54) is 6.08 Å². The summed E-state index contributed by atoms with van der Waals surface area (Å²) in [6.07, 6.45) is 5.43. The highest BCUT2D eigenvalue weighted by molar-refractivity contribution is 6.70. The van der Waals surface area contributed by atoms with Crippen molar-refractivity contribution >= 4 is 33.7 Å². The van der Waals surface area contributed by atoms with Gasteiger partial charge >= 0.3 is 0 Å². The maximum atomic E-state index is 10.8. The molecule has 0 aromatic heterocycles. The van der Waals surface area contributed by atoms with Crippen LogP contribution in [-0.4, -0.2) is 10.5 Å². The van der Waals surface area contributed by atoms with Gasteiger partial charge in [0, 0.05) is 5.57 Å². The fourth-order valence-electron chi connectivity index (χ4n) is 1.05. The highest BCUT2D eigenvalue weighted by Crippen LogP contribution is 2.24. The van der Waals surface area contributed by atoms with Crippen LogP contribution >= 0.6 is 23.2 Å². The Hall–Kier alpha value is -0.600. The average Bonchev–Trinajstić information content (AvgIpc) is 2.04. The molecule has 1 rings (SSSR count). The molecule has 1 aliphatic carbocycles.